The summed E-state index contributed by atoms with van der Waals surface area (Å²) in [6.45, 7) is 6.65. The fourth-order valence-electron chi connectivity index (χ4n) is 1.73. The summed E-state index contributed by atoms with van der Waals surface area (Å²) in [5.41, 5.74) is 0. The molecular formula is C14H21NO2S. The Bertz CT molecular complexity index is 454. The van der Waals surface area contributed by atoms with Crippen LogP contribution in [0.1, 0.15) is 26.2 Å². The van der Waals surface area contributed by atoms with Crippen LogP contribution in [0, 0.1) is 0 Å². The Labute approximate surface area is 110 Å². The van der Waals surface area contributed by atoms with Crippen LogP contribution in [0.15, 0.2) is 47.9 Å². The van der Waals surface area contributed by atoms with Crippen molar-refractivity contribution in [3.63, 3.8) is 0 Å². The topological polar surface area (TPSA) is 37.4 Å². The average molecular weight is 267 g/mol. The minimum absolute atomic E-state index is 0.350. The number of unbranched alkanes of at least 4 members (excludes halogenated alkanes) is 2. The maximum atomic E-state index is 12.4. The molecule has 0 bridgehead atoms. The van der Waals surface area contributed by atoms with Crippen molar-refractivity contribution in [2.75, 3.05) is 13.1 Å². The van der Waals surface area contributed by atoms with Gasteiger partial charge >= 0.3 is 0 Å². The summed E-state index contributed by atoms with van der Waals surface area (Å²) < 4.78 is 26.3. The van der Waals surface area contributed by atoms with Crippen LogP contribution in [0.5, 0.6) is 0 Å². The Balaban J connectivity index is 2.86. The summed E-state index contributed by atoms with van der Waals surface area (Å²) in [6.07, 6.45) is 4.63. The van der Waals surface area contributed by atoms with Crippen molar-refractivity contribution < 1.29 is 8.42 Å². The molecule has 0 aliphatic carbocycles. The van der Waals surface area contributed by atoms with Crippen LogP contribution in [0.3, 0.4) is 0 Å². The third-order valence-corrected chi connectivity index (χ3v) is 4.60. The van der Waals surface area contributed by atoms with E-state index < -0.39 is 10.0 Å². The molecule has 0 fully saturated rings. The summed E-state index contributed by atoms with van der Waals surface area (Å²) in [4.78, 5) is 0.350. The molecule has 0 aliphatic heterocycles. The van der Waals surface area contributed by atoms with Crippen molar-refractivity contribution in [1.82, 2.24) is 4.31 Å². The zero-order chi connectivity index (χ0) is 13.4. The standard InChI is InChI=1S/C14H21NO2S/c1-3-5-9-13-15(12-4-2)18(16,17)14-10-7-6-8-11-14/h4,6-8,10-11H,2-3,5,9,12-13H2,1H3. The maximum absolute atomic E-state index is 12.4. The van der Waals surface area contributed by atoms with E-state index >= 15 is 0 Å². The molecule has 0 aromatic heterocycles. The number of hydrogen-bond acceptors (Lipinski definition) is 2. The van der Waals surface area contributed by atoms with Gasteiger partial charge in [-0.3, -0.25) is 0 Å². The summed E-state index contributed by atoms with van der Waals surface area (Å²) >= 11 is 0. The van der Waals surface area contributed by atoms with Crippen molar-refractivity contribution in [2.45, 2.75) is 31.1 Å². The predicted octanol–water partition coefficient (Wildman–Crippen LogP) is 3.05. The van der Waals surface area contributed by atoms with Crippen LogP contribution in [0.2, 0.25) is 0 Å². The lowest BCUT2D eigenvalue weighted by Gasteiger charge is -2.20. The first kappa shape index (κ1) is 14.9. The first-order chi connectivity index (χ1) is 8.62. The van der Waals surface area contributed by atoms with E-state index in [1.807, 2.05) is 6.07 Å². The van der Waals surface area contributed by atoms with E-state index in [4.69, 9.17) is 0 Å². The Morgan fingerprint density at radius 2 is 1.89 bits per heavy atom. The SMILES string of the molecule is C=CCN(CCCCC)S(=O)(=O)c1ccccc1. The number of hydrogen-bond donors (Lipinski definition) is 0. The molecule has 0 aliphatic rings. The van der Waals surface area contributed by atoms with E-state index in [1.165, 1.54) is 4.31 Å². The van der Waals surface area contributed by atoms with E-state index in [0.717, 1.165) is 19.3 Å². The van der Waals surface area contributed by atoms with Crippen LogP contribution >= 0.6 is 0 Å². The Hall–Kier alpha value is -1.13. The quantitative estimate of drug-likeness (QED) is 0.536. The van der Waals surface area contributed by atoms with Gasteiger partial charge in [-0.15, -0.1) is 6.58 Å². The van der Waals surface area contributed by atoms with E-state index in [9.17, 15) is 8.42 Å². The van der Waals surface area contributed by atoms with Gasteiger partial charge in [-0.2, -0.15) is 4.31 Å². The van der Waals surface area contributed by atoms with Crippen LogP contribution in [0.4, 0.5) is 0 Å². The second-order valence-electron chi connectivity index (χ2n) is 4.17. The molecule has 0 atom stereocenters. The van der Waals surface area contributed by atoms with Gasteiger partial charge in [0, 0.05) is 13.1 Å². The first-order valence-electron chi connectivity index (χ1n) is 6.29. The summed E-state index contributed by atoms with van der Waals surface area (Å²) in [6, 6.07) is 8.56. The molecule has 0 unspecified atom stereocenters. The van der Waals surface area contributed by atoms with Crippen molar-refractivity contribution in [2.24, 2.45) is 0 Å². The molecule has 0 saturated heterocycles. The van der Waals surface area contributed by atoms with Gasteiger partial charge in [-0.25, -0.2) is 8.42 Å². The Morgan fingerprint density at radius 1 is 1.22 bits per heavy atom. The Morgan fingerprint density at radius 3 is 2.44 bits per heavy atom. The van der Waals surface area contributed by atoms with Crippen molar-refractivity contribution >= 4 is 10.0 Å². The highest BCUT2D eigenvalue weighted by Crippen LogP contribution is 2.16. The minimum Gasteiger partial charge on any atom is -0.207 e. The van der Waals surface area contributed by atoms with Gasteiger partial charge in [-0.05, 0) is 18.6 Å². The zero-order valence-electron chi connectivity index (χ0n) is 10.9. The molecule has 18 heavy (non-hydrogen) atoms. The number of sulfonamides is 1. The van der Waals surface area contributed by atoms with Gasteiger partial charge in [0.15, 0.2) is 0 Å². The van der Waals surface area contributed by atoms with Gasteiger partial charge in [-0.1, -0.05) is 44.0 Å². The molecule has 0 saturated carbocycles. The molecular weight excluding hydrogens is 246 g/mol. The number of rotatable bonds is 8. The molecule has 0 N–H and O–H groups in total. The van der Waals surface area contributed by atoms with Crippen LogP contribution in [-0.2, 0) is 10.0 Å². The highest BCUT2D eigenvalue weighted by molar-refractivity contribution is 7.89. The minimum atomic E-state index is -3.38. The lowest BCUT2D eigenvalue weighted by atomic mass is 10.2. The van der Waals surface area contributed by atoms with Gasteiger partial charge in [0.2, 0.25) is 10.0 Å². The number of nitrogens with zero attached hydrogens (tertiary/aromatic N) is 1. The van der Waals surface area contributed by atoms with Crippen molar-refractivity contribution in [3.05, 3.63) is 43.0 Å². The monoisotopic (exact) mass is 267 g/mol. The van der Waals surface area contributed by atoms with E-state index in [2.05, 4.69) is 13.5 Å². The molecule has 0 heterocycles. The van der Waals surface area contributed by atoms with Crippen molar-refractivity contribution in [1.29, 1.82) is 0 Å². The normalized spacial score (nSPS) is 11.7. The molecule has 0 spiro atoms. The average Bonchev–Trinajstić information content (AvgIpc) is 2.39. The molecule has 1 aromatic carbocycles. The summed E-state index contributed by atoms with van der Waals surface area (Å²) in [5, 5.41) is 0. The first-order valence-corrected chi connectivity index (χ1v) is 7.73. The third-order valence-electron chi connectivity index (χ3n) is 2.72. The van der Waals surface area contributed by atoms with Crippen LogP contribution in [-0.4, -0.2) is 25.8 Å². The lowest BCUT2D eigenvalue weighted by Crippen LogP contribution is -2.32. The third kappa shape index (κ3) is 3.96. The maximum Gasteiger partial charge on any atom is 0.243 e. The molecule has 1 aromatic rings. The fourth-order valence-corrected chi connectivity index (χ4v) is 3.20. The smallest absolute Gasteiger partial charge is 0.207 e. The molecule has 0 radical (unpaired) electrons. The molecule has 0 amide bonds. The highest BCUT2D eigenvalue weighted by atomic mass is 32.2. The summed E-state index contributed by atoms with van der Waals surface area (Å²) in [7, 11) is -3.38. The zero-order valence-corrected chi connectivity index (χ0v) is 11.7. The molecule has 3 nitrogen and oxygen atoms in total. The van der Waals surface area contributed by atoms with Gasteiger partial charge < -0.3 is 0 Å². The second kappa shape index (κ2) is 7.34. The van der Waals surface area contributed by atoms with E-state index in [-0.39, 0.29) is 0 Å². The number of benzene rings is 1. The largest absolute Gasteiger partial charge is 0.243 e. The predicted molar refractivity (Wildman–Crippen MR) is 74.9 cm³/mol. The molecule has 100 valence electrons. The van der Waals surface area contributed by atoms with E-state index in [1.54, 1.807) is 30.3 Å². The van der Waals surface area contributed by atoms with Crippen LogP contribution in [0.25, 0.3) is 0 Å². The molecule has 4 heteroatoms. The summed E-state index contributed by atoms with van der Waals surface area (Å²) in [5.74, 6) is 0. The highest BCUT2D eigenvalue weighted by Gasteiger charge is 2.22. The van der Waals surface area contributed by atoms with Gasteiger partial charge in [0.25, 0.3) is 0 Å². The molecule has 1 rings (SSSR count). The second-order valence-corrected chi connectivity index (χ2v) is 6.11. The van der Waals surface area contributed by atoms with Gasteiger partial charge in [0.05, 0.1) is 4.90 Å². The van der Waals surface area contributed by atoms with Gasteiger partial charge in [0.1, 0.15) is 0 Å². The van der Waals surface area contributed by atoms with E-state index in [0.29, 0.717) is 18.0 Å². The van der Waals surface area contributed by atoms with Crippen LogP contribution < -0.4 is 0 Å². The lowest BCUT2D eigenvalue weighted by molar-refractivity contribution is 0.428. The Kier molecular flexibility index (Phi) is 6.09. The fraction of sp³-hybridized carbons (Fsp3) is 0.429. The van der Waals surface area contributed by atoms with Crippen molar-refractivity contribution in [3.8, 4) is 0 Å².